The number of carbonyl (C=O) groups is 1. The molecule has 3 nitrogen and oxygen atoms in total. The van der Waals surface area contributed by atoms with Gasteiger partial charge in [0.1, 0.15) is 0 Å². The number of halogens is 3. The van der Waals surface area contributed by atoms with Crippen molar-refractivity contribution in [2.45, 2.75) is 70.4 Å². The Morgan fingerprint density at radius 3 is 2.45 bits per heavy atom. The van der Waals surface area contributed by atoms with Gasteiger partial charge in [-0.3, -0.25) is 0 Å². The molecule has 1 aliphatic heterocycles. The molecule has 0 spiro atoms. The van der Waals surface area contributed by atoms with Gasteiger partial charge in [-0.1, -0.05) is 50.0 Å². The highest BCUT2D eigenvalue weighted by molar-refractivity contribution is 5.91. The molecular formula is C25H32F3NO2. The minimum absolute atomic E-state index is 0.360. The minimum Gasteiger partial charge on any atom is -0.478 e. The zero-order valence-electron chi connectivity index (χ0n) is 18.0. The molecular weight excluding hydrogens is 403 g/mol. The minimum atomic E-state index is -4.33. The Kier molecular flexibility index (Phi) is 8.22. The van der Waals surface area contributed by atoms with Gasteiger partial charge in [-0.2, -0.15) is 13.2 Å². The number of carboxylic acid groups (broad SMARTS) is 1. The molecule has 6 heteroatoms. The number of unbranched alkanes of at least 4 members (excludes halogenated alkanes) is 1. The molecule has 0 atom stereocenters. The van der Waals surface area contributed by atoms with Gasteiger partial charge in [-0.25, -0.2) is 4.79 Å². The van der Waals surface area contributed by atoms with Gasteiger partial charge >= 0.3 is 12.1 Å². The molecule has 0 unspecified atom stereocenters. The van der Waals surface area contributed by atoms with Crippen LogP contribution in [0, 0.1) is 5.92 Å². The van der Waals surface area contributed by atoms with Gasteiger partial charge in [0.25, 0.3) is 0 Å². The lowest BCUT2D eigenvalue weighted by Crippen LogP contribution is -2.33. The van der Waals surface area contributed by atoms with Crippen molar-refractivity contribution in [3.8, 4) is 0 Å². The summed E-state index contributed by atoms with van der Waals surface area (Å²) in [6.07, 6.45) is 9.42. The van der Waals surface area contributed by atoms with Crippen LogP contribution in [0.25, 0.3) is 0 Å². The molecule has 3 rings (SSSR count). The average Bonchev–Trinajstić information content (AvgIpc) is 3.00. The number of aliphatic carboxylic acids is 1. The van der Waals surface area contributed by atoms with E-state index in [-0.39, 0.29) is 0 Å². The van der Waals surface area contributed by atoms with E-state index in [4.69, 9.17) is 0 Å². The van der Waals surface area contributed by atoms with E-state index in [1.54, 1.807) is 12.1 Å². The quantitative estimate of drug-likeness (QED) is 0.369. The summed E-state index contributed by atoms with van der Waals surface area (Å²) in [4.78, 5) is 14.0. The summed E-state index contributed by atoms with van der Waals surface area (Å²) in [5.74, 6) is -0.307. The summed E-state index contributed by atoms with van der Waals surface area (Å²) >= 11 is 0. The Hall–Kier alpha value is -2.24. The number of nitrogens with zero attached hydrogens (tertiary/aromatic N) is 1. The average molecular weight is 436 g/mol. The molecule has 1 aromatic carbocycles. The maximum absolute atomic E-state index is 12.9. The van der Waals surface area contributed by atoms with Gasteiger partial charge in [0.05, 0.1) is 11.1 Å². The van der Waals surface area contributed by atoms with Crippen molar-refractivity contribution in [3.05, 3.63) is 58.8 Å². The SMILES string of the molecule is O=C(O)C1=C(CCCCc2cccc(C(F)(F)F)c2)N(CC2CCCCCC2)CC=C1. The lowest BCUT2D eigenvalue weighted by atomic mass is 9.96. The van der Waals surface area contributed by atoms with E-state index in [1.165, 1.54) is 50.7 Å². The van der Waals surface area contributed by atoms with E-state index in [0.29, 0.717) is 29.9 Å². The van der Waals surface area contributed by atoms with Crippen molar-refractivity contribution in [2.24, 2.45) is 5.92 Å². The maximum atomic E-state index is 12.9. The van der Waals surface area contributed by atoms with Gasteiger partial charge in [-0.15, -0.1) is 0 Å². The number of carboxylic acids is 1. The number of aryl methyl sites for hydroxylation is 1. The van der Waals surface area contributed by atoms with E-state index in [1.807, 2.05) is 6.08 Å². The highest BCUT2D eigenvalue weighted by Gasteiger charge is 2.30. The fraction of sp³-hybridized carbons (Fsp3) is 0.560. The smallest absolute Gasteiger partial charge is 0.416 e. The molecule has 1 aromatic rings. The molecule has 0 amide bonds. The second kappa shape index (κ2) is 10.9. The molecule has 170 valence electrons. The van der Waals surface area contributed by atoms with Crippen LogP contribution in [0.3, 0.4) is 0 Å². The van der Waals surface area contributed by atoms with Crippen LogP contribution in [0.15, 0.2) is 47.7 Å². The van der Waals surface area contributed by atoms with Crippen molar-refractivity contribution < 1.29 is 23.1 Å². The Labute approximate surface area is 182 Å². The van der Waals surface area contributed by atoms with E-state index in [0.717, 1.165) is 37.7 Å². The van der Waals surface area contributed by atoms with E-state index in [9.17, 15) is 23.1 Å². The normalized spacial score (nSPS) is 18.4. The fourth-order valence-corrected chi connectivity index (χ4v) is 4.73. The molecule has 0 radical (unpaired) electrons. The largest absolute Gasteiger partial charge is 0.478 e. The molecule has 1 fully saturated rings. The summed E-state index contributed by atoms with van der Waals surface area (Å²) < 4.78 is 38.7. The van der Waals surface area contributed by atoms with Crippen LogP contribution in [-0.4, -0.2) is 29.1 Å². The second-order valence-electron chi connectivity index (χ2n) is 8.74. The molecule has 0 aromatic heterocycles. The molecule has 1 aliphatic carbocycles. The first-order chi connectivity index (χ1) is 14.8. The predicted molar refractivity (Wildman–Crippen MR) is 116 cm³/mol. The molecule has 2 aliphatic rings. The van der Waals surface area contributed by atoms with Crippen LogP contribution in [-0.2, 0) is 17.4 Å². The third-order valence-corrected chi connectivity index (χ3v) is 6.37. The van der Waals surface area contributed by atoms with Crippen LogP contribution in [0.5, 0.6) is 0 Å². The van der Waals surface area contributed by atoms with E-state index in [2.05, 4.69) is 4.90 Å². The molecule has 0 bridgehead atoms. The Balaban J connectivity index is 1.60. The maximum Gasteiger partial charge on any atom is 0.416 e. The van der Waals surface area contributed by atoms with Crippen LogP contribution in [0.4, 0.5) is 13.2 Å². The first-order valence-corrected chi connectivity index (χ1v) is 11.4. The Bertz CT molecular complexity index is 805. The summed E-state index contributed by atoms with van der Waals surface area (Å²) in [6.45, 7) is 1.63. The zero-order chi connectivity index (χ0) is 22.3. The van der Waals surface area contributed by atoms with Gasteiger partial charge in [0.2, 0.25) is 0 Å². The van der Waals surface area contributed by atoms with Crippen molar-refractivity contribution in [3.63, 3.8) is 0 Å². The van der Waals surface area contributed by atoms with Crippen molar-refractivity contribution >= 4 is 5.97 Å². The van der Waals surface area contributed by atoms with Gasteiger partial charge in [0, 0.05) is 18.8 Å². The summed E-state index contributed by atoms with van der Waals surface area (Å²) in [5, 5.41) is 9.68. The summed E-state index contributed by atoms with van der Waals surface area (Å²) in [6, 6.07) is 5.47. The second-order valence-corrected chi connectivity index (χ2v) is 8.74. The van der Waals surface area contributed by atoms with Crippen molar-refractivity contribution in [1.82, 2.24) is 4.90 Å². The summed E-state index contributed by atoms with van der Waals surface area (Å²) in [7, 11) is 0. The van der Waals surface area contributed by atoms with Gasteiger partial charge in [-0.05, 0) is 62.1 Å². The lowest BCUT2D eigenvalue weighted by molar-refractivity contribution is -0.137. The van der Waals surface area contributed by atoms with Gasteiger partial charge < -0.3 is 10.0 Å². The van der Waals surface area contributed by atoms with Gasteiger partial charge in [0.15, 0.2) is 0 Å². The fourth-order valence-electron chi connectivity index (χ4n) is 4.73. The zero-order valence-corrected chi connectivity index (χ0v) is 18.0. The number of alkyl halides is 3. The van der Waals surface area contributed by atoms with Crippen molar-refractivity contribution in [1.29, 1.82) is 0 Å². The standard InChI is InChI=1S/C25H32F3NO2/c26-25(27,28)21-13-7-12-19(17-21)9-5-6-15-23-22(24(30)31)14-8-16-29(23)18-20-10-3-1-2-4-11-20/h7-8,12-14,17,20H,1-6,9-11,15-16,18H2,(H,30,31). The van der Waals surface area contributed by atoms with Crippen LogP contribution in [0.1, 0.15) is 68.9 Å². The first kappa shape index (κ1) is 23.4. The summed E-state index contributed by atoms with van der Waals surface area (Å²) in [5.41, 5.74) is 1.29. The van der Waals surface area contributed by atoms with E-state index < -0.39 is 17.7 Å². The number of rotatable bonds is 8. The third-order valence-electron chi connectivity index (χ3n) is 6.37. The molecule has 1 saturated carbocycles. The lowest BCUT2D eigenvalue weighted by Gasteiger charge is -2.33. The Morgan fingerprint density at radius 1 is 1.06 bits per heavy atom. The van der Waals surface area contributed by atoms with E-state index >= 15 is 0 Å². The number of benzene rings is 1. The first-order valence-electron chi connectivity index (χ1n) is 11.4. The predicted octanol–water partition coefficient (Wildman–Crippen LogP) is 6.60. The molecule has 31 heavy (non-hydrogen) atoms. The highest BCUT2D eigenvalue weighted by Crippen LogP contribution is 2.31. The third kappa shape index (κ3) is 6.88. The number of allylic oxidation sites excluding steroid dienone is 1. The molecule has 1 heterocycles. The van der Waals surface area contributed by atoms with Crippen LogP contribution in [0.2, 0.25) is 0 Å². The number of hydrogen-bond acceptors (Lipinski definition) is 2. The van der Waals surface area contributed by atoms with Crippen LogP contribution >= 0.6 is 0 Å². The molecule has 1 N–H and O–H groups in total. The van der Waals surface area contributed by atoms with Crippen LogP contribution < -0.4 is 0 Å². The topological polar surface area (TPSA) is 40.5 Å². The molecule has 0 saturated heterocycles. The monoisotopic (exact) mass is 435 g/mol. The highest BCUT2D eigenvalue weighted by atomic mass is 19.4. The number of hydrogen-bond donors (Lipinski definition) is 1. The Morgan fingerprint density at radius 2 is 1.77 bits per heavy atom. The van der Waals surface area contributed by atoms with Crippen molar-refractivity contribution in [2.75, 3.05) is 13.1 Å².